The molecular formula is C13H10ClFN4O2S. The Hall–Kier alpha value is -2.06. The number of anilines is 1. The summed E-state index contributed by atoms with van der Waals surface area (Å²) in [4.78, 5) is 26.0. The maximum atomic E-state index is 13.5. The Labute approximate surface area is 134 Å². The number of hydrogen-bond acceptors (Lipinski definition) is 5. The number of carbonyl (C=O) groups is 2. The number of carbonyl (C=O) groups excluding carboxylic acids is 2. The summed E-state index contributed by atoms with van der Waals surface area (Å²) in [6, 6.07) is 3.53. The third-order valence-electron chi connectivity index (χ3n) is 3.31. The smallest absolute Gasteiger partial charge is 0.265 e. The lowest BCUT2D eigenvalue weighted by Gasteiger charge is -2.17. The quantitative estimate of drug-likeness (QED) is 0.925. The molecular weight excluding hydrogens is 331 g/mol. The monoisotopic (exact) mass is 340 g/mol. The van der Waals surface area contributed by atoms with Crippen LogP contribution in [0.4, 0.5) is 10.1 Å². The zero-order chi connectivity index (χ0) is 15.7. The van der Waals surface area contributed by atoms with Gasteiger partial charge in [0, 0.05) is 12.2 Å². The Morgan fingerprint density at radius 2 is 2.32 bits per heavy atom. The van der Waals surface area contributed by atoms with Gasteiger partial charge in [-0.2, -0.15) is 0 Å². The molecule has 2 heterocycles. The van der Waals surface area contributed by atoms with Crippen LogP contribution in [0.3, 0.4) is 0 Å². The van der Waals surface area contributed by atoms with Crippen molar-refractivity contribution in [3.8, 4) is 0 Å². The average molecular weight is 341 g/mol. The Bertz CT molecular complexity index is 725. The van der Waals surface area contributed by atoms with Crippen LogP contribution in [0, 0.1) is 5.82 Å². The summed E-state index contributed by atoms with van der Waals surface area (Å²) in [5, 5.41) is 6.21. The number of amides is 2. The molecule has 1 fully saturated rings. The van der Waals surface area contributed by atoms with E-state index in [1.54, 1.807) is 6.07 Å². The van der Waals surface area contributed by atoms with Gasteiger partial charge in [0.25, 0.3) is 5.91 Å². The largest absolute Gasteiger partial charge is 0.339 e. The molecule has 2 amide bonds. The molecule has 1 aromatic heterocycles. The van der Waals surface area contributed by atoms with Crippen LogP contribution >= 0.6 is 23.1 Å². The van der Waals surface area contributed by atoms with E-state index < -0.39 is 17.8 Å². The van der Waals surface area contributed by atoms with Crippen LogP contribution in [0.25, 0.3) is 0 Å². The van der Waals surface area contributed by atoms with Gasteiger partial charge in [-0.15, -0.1) is 5.10 Å². The first kappa shape index (κ1) is 14.9. The Morgan fingerprint density at radius 3 is 3.00 bits per heavy atom. The van der Waals surface area contributed by atoms with Crippen molar-refractivity contribution in [1.82, 2.24) is 14.9 Å². The third kappa shape index (κ3) is 2.79. The van der Waals surface area contributed by atoms with Crippen molar-refractivity contribution in [3.05, 3.63) is 40.1 Å². The maximum absolute atomic E-state index is 13.5. The highest BCUT2D eigenvalue weighted by Crippen LogP contribution is 2.26. The molecule has 0 unspecified atom stereocenters. The minimum absolute atomic E-state index is 0.00190. The van der Waals surface area contributed by atoms with Crippen molar-refractivity contribution in [2.75, 3.05) is 11.4 Å². The standard InChI is InChI=1S/C13H10ClFN4O2S/c14-8-2-1-7(5-9(8)15)19-4-3-10(13(19)21)17-12(20)11-6-16-18-22-11/h1-2,5-6,10H,3-4H2,(H,17,20)/t10-/m1/s1. The molecule has 0 saturated carbocycles. The molecule has 9 heteroatoms. The molecule has 22 heavy (non-hydrogen) atoms. The van der Waals surface area contributed by atoms with Crippen molar-refractivity contribution in [2.45, 2.75) is 12.5 Å². The van der Waals surface area contributed by atoms with Gasteiger partial charge in [-0.3, -0.25) is 9.59 Å². The minimum Gasteiger partial charge on any atom is -0.339 e. The number of rotatable bonds is 3. The molecule has 1 N–H and O–H groups in total. The van der Waals surface area contributed by atoms with Gasteiger partial charge in [0.2, 0.25) is 5.91 Å². The summed E-state index contributed by atoms with van der Waals surface area (Å²) in [7, 11) is 0. The second-order valence-corrected chi connectivity index (χ2v) is 5.88. The molecule has 114 valence electrons. The molecule has 0 bridgehead atoms. The van der Waals surface area contributed by atoms with Gasteiger partial charge in [-0.1, -0.05) is 16.1 Å². The van der Waals surface area contributed by atoms with Gasteiger partial charge in [0.05, 0.1) is 11.2 Å². The molecule has 1 saturated heterocycles. The normalized spacial score (nSPS) is 17.8. The molecule has 0 spiro atoms. The first-order chi connectivity index (χ1) is 10.6. The van der Waals surface area contributed by atoms with E-state index in [4.69, 9.17) is 11.6 Å². The molecule has 3 rings (SSSR count). The van der Waals surface area contributed by atoms with Crippen molar-refractivity contribution < 1.29 is 14.0 Å². The van der Waals surface area contributed by atoms with E-state index in [2.05, 4.69) is 14.9 Å². The van der Waals surface area contributed by atoms with Gasteiger partial charge < -0.3 is 10.2 Å². The number of hydrogen-bond donors (Lipinski definition) is 1. The topological polar surface area (TPSA) is 75.2 Å². The van der Waals surface area contributed by atoms with Crippen molar-refractivity contribution in [1.29, 1.82) is 0 Å². The second-order valence-electron chi connectivity index (χ2n) is 4.68. The van der Waals surface area contributed by atoms with Crippen molar-refractivity contribution >= 4 is 40.6 Å². The van der Waals surface area contributed by atoms with Crippen LogP contribution in [0.15, 0.2) is 24.4 Å². The van der Waals surface area contributed by atoms with Crippen LogP contribution < -0.4 is 10.2 Å². The van der Waals surface area contributed by atoms with E-state index in [-0.39, 0.29) is 10.9 Å². The predicted octanol–water partition coefficient (Wildman–Crippen LogP) is 1.87. The van der Waals surface area contributed by atoms with Crippen LogP contribution in [0.5, 0.6) is 0 Å². The summed E-state index contributed by atoms with van der Waals surface area (Å²) in [5.41, 5.74) is 0.420. The highest BCUT2D eigenvalue weighted by Gasteiger charge is 2.34. The lowest BCUT2D eigenvalue weighted by atomic mass is 10.2. The minimum atomic E-state index is -0.645. The summed E-state index contributed by atoms with van der Waals surface area (Å²) >= 11 is 6.59. The van der Waals surface area contributed by atoms with E-state index in [0.717, 1.165) is 11.5 Å². The highest BCUT2D eigenvalue weighted by atomic mass is 35.5. The SMILES string of the molecule is O=C(N[C@@H]1CCN(c2ccc(Cl)c(F)c2)C1=O)c1cnns1. The van der Waals surface area contributed by atoms with Crippen LogP contribution in [0.2, 0.25) is 5.02 Å². The molecule has 1 aromatic carbocycles. The molecule has 1 atom stereocenters. The summed E-state index contributed by atoms with van der Waals surface area (Å²) in [6.45, 7) is 0.395. The molecule has 0 radical (unpaired) electrons. The molecule has 1 aliphatic heterocycles. The maximum Gasteiger partial charge on any atom is 0.265 e. The van der Waals surface area contributed by atoms with Crippen LogP contribution in [-0.2, 0) is 4.79 Å². The fraction of sp³-hybridized carbons (Fsp3) is 0.231. The number of nitrogens with zero attached hydrogens (tertiary/aromatic N) is 3. The van der Waals surface area contributed by atoms with Gasteiger partial charge in [-0.05, 0) is 36.2 Å². The lowest BCUT2D eigenvalue weighted by Crippen LogP contribution is -2.41. The van der Waals surface area contributed by atoms with Gasteiger partial charge in [-0.25, -0.2) is 4.39 Å². The van der Waals surface area contributed by atoms with Crippen LogP contribution in [0.1, 0.15) is 16.1 Å². The van der Waals surface area contributed by atoms with E-state index in [9.17, 15) is 14.0 Å². The van der Waals surface area contributed by atoms with Gasteiger partial charge in [0.1, 0.15) is 16.7 Å². The Balaban J connectivity index is 1.72. The third-order valence-corrected chi connectivity index (χ3v) is 4.28. The molecule has 6 nitrogen and oxygen atoms in total. The highest BCUT2D eigenvalue weighted by molar-refractivity contribution is 7.07. The number of aromatic nitrogens is 2. The second kappa shape index (κ2) is 5.98. The van der Waals surface area contributed by atoms with E-state index in [1.807, 2.05) is 0 Å². The molecule has 0 aliphatic carbocycles. The Morgan fingerprint density at radius 1 is 1.50 bits per heavy atom. The predicted molar refractivity (Wildman–Crippen MR) is 79.5 cm³/mol. The zero-order valence-corrected chi connectivity index (χ0v) is 12.7. The summed E-state index contributed by atoms with van der Waals surface area (Å²) in [6.07, 6.45) is 1.78. The average Bonchev–Trinajstić information content (AvgIpc) is 3.13. The first-order valence-electron chi connectivity index (χ1n) is 6.41. The Kier molecular flexibility index (Phi) is 4.04. The summed E-state index contributed by atoms with van der Waals surface area (Å²) < 4.78 is 17.1. The first-order valence-corrected chi connectivity index (χ1v) is 7.56. The van der Waals surface area contributed by atoms with E-state index in [0.29, 0.717) is 23.5 Å². The number of halogens is 2. The summed E-state index contributed by atoms with van der Waals surface area (Å²) in [5.74, 6) is -1.26. The van der Waals surface area contributed by atoms with E-state index in [1.165, 1.54) is 23.2 Å². The fourth-order valence-corrected chi connectivity index (χ4v) is 2.76. The fourth-order valence-electron chi connectivity index (χ4n) is 2.22. The van der Waals surface area contributed by atoms with Crippen molar-refractivity contribution in [3.63, 3.8) is 0 Å². The lowest BCUT2D eigenvalue weighted by molar-refractivity contribution is -0.118. The van der Waals surface area contributed by atoms with Crippen molar-refractivity contribution in [2.24, 2.45) is 0 Å². The zero-order valence-electron chi connectivity index (χ0n) is 11.1. The van der Waals surface area contributed by atoms with Gasteiger partial charge >= 0.3 is 0 Å². The number of benzene rings is 1. The van der Waals surface area contributed by atoms with E-state index >= 15 is 0 Å². The molecule has 1 aliphatic rings. The number of nitrogens with one attached hydrogen (secondary N) is 1. The van der Waals surface area contributed by atoms with Gasteiger partial charge in [0.15, 0.2) is 0 Å². The van der Waals surface area contributed by atoms with Crippen LogP contribution in [-0.4, -0.2) is 34.0 Å². The molecule has 2 aromatic rings.